The lowest BCUT2D eigenvalue weighted by Gasteiger charge is -2.12. The van der Waals surface area contributed by atoms with E-state index in [1.165, 1.54) is 0 Å². The Morgan fingerprint density at radius 3 is 3.06 bits per heavy atom. The van der Waals surface area contributed by atoms with Crippen molar-refractivity contribution in [3.63, 3.8) is 0 Å². The number of nitrogens with zero attached hydrogens (tertiary/aromatic N) is 2. The number of nitrogens with one attached hydrogen (secondary N) is 1. The fraction of sp³-hybridized carbons (Fsp3) is 0.167. The van der Waals surface area contributed by atoms with Gasteiger partial charge in [-0.2, -0.15) is 0 Å². The van der Waals surface area contributed by atoms with Gasteiger partial charge in [-0.1, -0.05) is 0 Å². The van der Waals surface area contributed by atoms with Crippen LogP contribution in [0.2, 0.25) is 5.28 Å². The molecule has 0 saturated heterocycles. The van der Waals surface area contributed by atoms with Crippen LogP contribution in [0.1, 0.15) is 18.7 Å². The number of thiophene rings is 1. The van der Waals surface area contributed by atoms with Gasteiger partial charge in [-0.25, -0.2) is 9.97 Å². The summed E-state index contributed by atoms with van der Waals surface area (Å²) in [5.41, 5.74) is 0. The van der Waals surface area contributed by atoms with Gasteiger partial charge in [-0.3, -0.25) is 0 Å². The van der Waals surface area contributed by atoms with Crippen LogP contribution in [0.5, 0.6) is 0 Å². The van der Waals surface area contributed by atoms with E-state index in [9.17, 15) is 0 Å². The Bertz CT molecular complexity index is 665. The van der Waals surface area contributed by atoms with Crippen LogP contribution in [0, 0.1) is 0 Å². The minimum absolute atomic E-state index is 0.0223. The largest absolute Gasteiger partial charge is 0.467 e. The monoisotopic (exact) mass is 279 g/mol. The lowest BCUT2D eigenvalue weighted by Crippen LogP contribution is -2.07. The van der Waals surface area contributed by atoms with Crippen molar-refractivity contribution in [1.82, 2.24) is 9.97 Å². The summed E-state index contributed by atoms with van der Waals surface area (Å²) in [6.45, 7) is 2.01. The maximum atomic E-state index is 5.91. The number of fused-ring (bicyclic) bond motifs is 1. The summed E-state index contributed by atoms with van der Waals surface area (Å²) in [5.74, 6) is 1.59. The molecule has 3 aromatic rings. The predicted molar refractivity (Wildman–Crippen MR) is 73.2 cm³/mol. The molecular formula is C12H10ClN3OS. The van der Waals surface area contributed by atoms with Gasteiger partial charge in [0.05, 0.1) is 17.7 Å². The molecule has 0 amide bonds. The summed E-state index contributed by atoms with van der Waals surface area (Å²) in [5, 5.41) is 6.49. The maximum absolute atomic E-state index is 5.91. The van der Waals surface area contributed by atoms with Crippen molar-refractivity contribution in [2.45, 2.75) is 13.0 Å². The quantitative estimate of drug-likeness (QED) is 0.733. The minimum Gasteiger partial charge on any atom is -0.467 e. The van der Waals surface area contributed by atoms with Crippen LogP contribution in [0.4, 0.5) is 5.82 Å². The number of aromatic nitrogens is 2. The number of hydrogen-bond donors (Lipinski definition) is 1. The van der Waals surface area contributed by atoms with Crippen LogP contribution < -0.4 is 5.32 Å². The summed E-state index contributed by atoms with van der Waals surface area (Å²) in [6.07, 6.45) is 1.65. The lowest BCUT2D eigenvalue weighted by atomic mass is 10.2. The third-order valence-electron chi connectivity index (χ3n) is 2.62. The van der Waals surface area contributed by atoms with Crippen molar-refractivity contribution in [3.8, 4) is 0 Å². The van der Waals surface area contributed by atoms with Crippen LogP contribution in [0.15, 0.2) is 34.3 Å². The van der Waals surface area contributed by atoms with Gasteiger partial charge in [0, 0.05) is 0 Å². The average molecular weight is 280 g/mol. The number of anilines is 1. The zero-order valence-corrected chi connectivity index (χ0v) is 11.1. The zero-order valence-electron chi connectivity index (χ0n) is 9.55. The molecule has 6 heteroatoms. The first-order chi connectivity index (χ1) is 8.74. The Labute approximate surface area is 113 Å². The highest BCUT2D eigenvalue weighted by atomic mass is 35.5. The molecule has 0 aliphatic rings. The van der Waals surface area contributed by atoms with Crippen molar-refractivity contribution in [2.75, 3.05) is 5.32 Å². The molecule has 0 bridgehead atoms. The highest BCUT2D eigenvalue weighted by molar-refractivity contribution is 7.16. The molecular weight excluding hydrogens is 270 g/mol. The lowest BCUT2D eigenvalue weighted by molar-refractivity contribution is 0.490. The summed E-state index contributed by atoms with van der Waals surface area (Å²) >= 11 is 7.45. The molecule has 0 spiro atoms. The summed E-state index contributed by atoms with van der Waals surface area (Å²) in [7, 11) is 0. The van der Waals surface area contributed by atoms with Crippen LogP contribution >= 0.6 is 22.9 Å². The SMILES string of the molecule is CC(Nc1nc(Cl)nc2sccc12)c1ccco1. The number of rotatable bonds is 3. The molecule has 0 aliphatic carbocycles. The Kier molecular flexibility index (Phi) is 2.93. The molecule has 1 unspecified atom stereocenters. The minimum atomic E-state index is 0.0223. The van der Waals surface area contributed by atoms with Gasteiger partial charge in [0.25, 0.3) is 0 Å². The molecule has 3 aromatic heterocycles. The number of halogens is 1. The smallest absolute Gasteiger partial charge is 0.225 e. The van der Waals surface area contributed by atoms with Gasteiger partial charge in [-0.15, -0.1) is 11.3 Å². The molecule has 92 valence electrons. The third-order valence-corrected chi connectivity index (χ3v) is 3.60. The average Bonchev–Trinajstić information content (AvgIpc) is 2.98. The molecule has 1 N–H and O–H groups in total. The van der Waals surface area contributed by atoms with Gasteiger partial charge < -0.3 is 9.73 Å². The van der Waals surface area contributed by atoms with Gasteiger partial charge in [-0.05, 0) is 42.1 Å². The highest BCUT2D eigenvalue weighted by Gasteiger charge is 2.13. The Morgan fingerprint density at radius 1 is 1.39 bits per heavy atom. The topological polar surface area (TPSA) is 51.0 Å². The van der Waals surface area contributed by atoms with Gasteiger partial charge >= 0.3 is 0 Å². The molecule has 3 heterocycles. The molecule has 3 rings (SSSR count). The summed E-state index contributed by atoms with van der Waals surface area (Å²) in [6, 6.07) is 5.79. The maximum Gasteiger partial charge on any atom is 0.225 e. The zero-order chi connectivity index (χ0) is 12.5. The first kappa shape index (κ1) is 11.5. The molecule has 0 radical (unpaired) electrons. The first-order valence-corrected chi connectivity index (χ1v) is 6.70. The Morgan fingerprint density at radius 2 is 2.28 bits per heavy atom. The van der Waals surface area contributed by atoms with E-state index in [0.29, 0.717) is 0 Å². The van der Waals surface area contributed by atoms with E-state index in [2.05, 4.69) is 15.3 Å². The van der Waals surface area contributed by atoms with Crippen molar-refractivity contribution in [2.24, 2.45) is 0 Å². The first-order valence-electron chi connectivity index (χ1n) is 5.45. The van der Waals surface area contributed by atoms with Gasteiger partial charge in [0.1, 0.15) is 16.4 Å². The van der Waals surface area contributed by atoms with E-state index in [0.717, 1.165) is 21.8 Å². The van der Waals surface area contributed by atoms with Gasteiger partial charge in [0.15, 0.2) is 0 Å². The second-order valence-corrected chi connectivity index (χ2v) is 5.09. The second kappa shape index (κ2) is 4.59. The Hall–Kier alpha value is -1.59. The molecule has 0 saturated carbocycles. The van der Waals surface area contributed by atoms with Gasteiger partial charge in [0.2, 0.25) is 5.28 Å². The van der Waals surface area contributed by atoms with Crippen LogP contribution in [0.3, 0.4) is 0 Å². The fourth-order valence-electron chi connectivity index (χ4n) is 1.75. The van der Waals surface area contributed by atoms with E-state index >= 15 is 0 Å². The Balaban J connectivity index is 1.97. The van der Waals surface area contributed by atoms with Crippen molar-refractivity contribution in [3.05, 3.63) is 40.9 Å². The third kappa shape index (κ3) is 2.07. The highest BCUT2D eigenvalue weighted by Crippen LogP contribution is 2.29. The van der Waals surface area contributed by atoms with E-state index < -0.39 is 0 Å². The van der Waals surface area contributed by atoms with E-state index in [-0.39, 0.29) is 11.3 Å². The van der Waals surface area contributed by atoms with Crippen molar-refractivity contribution in [1.29, 1.82) is 0 Å². The molecule has 0 aromatic carbocycles. The number of furan rings is 1. The van der Waals surface area contributed by atoms with E-state index in [1.54, 1.807) is 17.6 Å². The standard InChI is InChI=1S/C12H10ClN3OS/c1-7(9-3-2-5-17-9)14-10-8-4-6-18-11(8)16-12(13)15-10/h2-7H,1H3,(H,14,15,16). The molecule has 0 aliphatic heterocycles. The second-order valence-electron chi connectivity index (χ2n) is 3.86. The normalized spacial score (nSPS) is 12.8. The molecule has 1 atom stereocenters. The van der Waals surface area contributed by atoms with Crippen LogP contribution in [0.25, 0.3) is 10.2 Å². The van der Waals surface area contributed by atoms with E-state index in [1.807, 2.05) is 30.5 Å². The molecule has 4 nitrogen and oxygen atoms in total. The number of hydrogen-bond acceptors (Lipinski definition) is 5. The van der Waals surface area contributed by atoms with Crippen molar-refractivity contribution >= 4 is 39.0 Å². The summed E-state index contributed by atoms with van der Waals surface area (Å²) in [4.78, 5) is 9.29. The van der Waals surface area contributed by atoms with Crippen LogP contribution in [-0.4, -0.2) is 9.97 Å². The summed E-state index contributed by atoms with van der Waals surface area (Å²) < 4.78 is 5.35. The van der Waals surface area contributed by atoms with Crippen LogP contribution in [-0.2, 0) is 0 Å². The van der Waals surface area contributed by atoms with Crippen molar-refractivity contribution < 1.29 is 4.42 Å². The molecule has 18 heavy (non-hydrogen) atoms. The predicted octanol–water partition coefficient (Wildman–Crippen LogP) is 4.11. The molecule has 0 fully saturated rings. The fourth-order valence-corrected chi connectivity index (χ4v) is 2.74. The van der Waals surface area contributed by atoms with E-state index in [4.69, 9.17) is 16.0 Å².